The van der Waals surface area contributed by atoms with Crippen LogP contribution in [0.2, 0.25) is 5.02 Å². The van der Waals surface area contributed by atoms with Crippen LogP contribution in [0.25, 0.3) is 0 Å². The second-order valence-electron chi connectivity index (χ2n) is 3.84. The van der Waals surface area contributed by atoms with Gasteiger partial charge in [-0.15, -0.1) is 0 Å². The summed E-state index contributed by atoms with van der Waals surface area (Å²) in [5.41, 5.74) is 0.796. The van der Waals surface area contributed by atoms with E-state index in [1.165, 1.54) is 0 Å². The molecule has 4 heteroatoms. The Hall–Kier alpha value is -1.32. The molecule has 0 aliphatic carbocycles. The van der Waals surface area contributed by atoms with Crippen molar-refractivity contribution in [1.29, 1.82) is 0 Å². The van der Waals surface area contributed by atoms with Crippen LogP contribution < -0.4 is 4.57 Å². The number of aromatic nitrogens is 2. The van der Waals surface area contributed by atoms with E-state index in [1.54, 1.807) is 12.1 Å². The van der Waals surface area contributed by atoms with Gasteiger partial charge < -0.3 is 5.11 Å². The van der Waals surface area contributed by atoms with Crippen molar-refractivity contribution >= 4 is 11.6 Å². The maximum atomic E-state index is 10.3. The van der Waals surface area contributed by atoms with Gasteiger partial charge in [0.2, 0.25) is 0 Å². The highest BCUT2D eigenvalue weighted by Gasteiger charge is 2.23. The summed E-state index contributed by atoms with van der Waals surface area (Å²) in [4.78, 5) is 0. The van der Waals surface area contributed by atoms with Gasteiger partial charge in [0, 0.05) is 5.02 Å². The highest BCUT2D eigenvalue weighted by Crippen LogP contribution is 2.21. The topological polar surface area (TPSA) is 29.0 Å². The van der Waals surface area contributed by atoms with Crippen molar-refractivity contribution in [2.45, 2.75) is 6.10 Å². The van der Waals surface area contributed by atoms with Crippen LogP contribution in [0.1, 0.15) is 17.5 Å². The molecule has 2 rings (SSSR count). The molecule has 0 aliphatic rings. The Morgan fingerprint density at radius 3 is 2.75 bits per heavy atom. The molecule has 0 fully saturated rings. The smallest absolute Gasteiger partial charge is 0.290 e. The van der Waals surface area contributed by atoms with Gasteiger partial charge in [-0.25, -0.2) is 9.13 Å². The fraction of sp³-hybridized carbons (Fsp3) is 0.250. The first-order chi connectivity index (χ1) is 7.59. The Kier molecular flexibility index (Phi) is 2.99. The summed E-state index contributed by atoms with van der Waals surface area (Å²) >= 11 is 5.91. The van der Waals surface area contributed by atoms with E-state index in [0.717, 1.165) is 11.4 Å². The molecule has 0 amide bonds. The molecule has 2 aromatic rings. The zero-order valence-corrected chi connectivity index (χ0v) is 10.0. The minimum atomic E-state index is -0.663. The van der Waals surface area contributed by atoms with Crippen LogP contribution in [0.3, 0.4) is 0 Å². The Balaban J connectivity index is 2.43. The Morgan fingerprint density at radius 1 is 1.44 bits per heavy atom. The highest BCUT2D eigenvalue weighted by molar-refractivity contribution is 6.30. The second kappa shape index (κ2) is 4.28. The molecular formula is C12H14ClN2O+. The zero-order valence-electron chi connectivity index (χ0n) is 9.26. The SMILES string of the molecule is Cn1cc[n+](C)c1C(O)c1cccc(Cl)c1. The van der Waals surface area contributed by atoms with E-state index < -0.39 is 6.10 Å². The van der Waals surface area contributed by atoms with E-state index in [4.69, 9.17) is 11.6 Å². The number of rotatable bonds is 2. The molecule has 84 valence electrons. The third-order valence-electron chi connectivity index (χ3n) is 2.65. The van der Waals surface area contributed by atoms with Crippen LogP contribution in [-0.2, 0) is 14.1 Å². The molecule has 1 aromatic carbocycles. The van der Waals surface area contributed by atoms with Gasteiger partial charge in [-0.3, -0.25) is 0 Å². The highest BCUT2D eigenvalue weighted by atomic mass is 35.5. The number of hydrogen-bond donors (Lipinski definition) is 1. The van der Waals surface area contributed by atoms with Gasteiger partial charge >= 0.3 is 0 Å². The van der Waals surface area contributed by atoms with Crippen LogP contribution in [-0.4, -0.2) is 9.67 Å². The summed E-state index contributed by atoms with van der Waals surface area (Å²) in [6.07, 6.45) is 3.15. The van der Waals surface area contributed by atoms with Crippen molar-refractivity contribution in [3.05, 3.63) is 53.1 Å². The number of aliphatic hydroxyl groups is 1. The quantitative estimate of drug-likeness (QED) is 0.790. The summed E-state index contributed by atoms with van der Waals surface area (Å²) in [5.74, 6) is 0.822. The van der Waals surface area contributed by atoms with Crippen molar-refractivity contribution in [1.82, 2.24) is 4.57 Å². The van der Waals surface area contributed by atoms with Crippen LogP contribution in [0.4, 0.5) is 0 Å². The van der Waals surface area contributed by atoms with Crippen molar-refractivity contribution in [2.24, 2.45) is 14.1 Å². The minimum Gasteiger partial charge on any atom is -0.376 e. The Bertz CT molecular complexity index is 488. The van der Waals surface area contributed by atoms with Gasteiger partial charge in [-0.05, 0) is 17.7 Å². The average Bonchev–Trinajstić information content (AvgIpc) is 2.58. The fourth-order valence-corrected chi connectivity index (χ4v) is 2.01. The number of halogens is 1. The molecule has 0 spiro atoms. The lowest BCUT2D eigenvalue weighted by Crippen LogP contribution is -2.34. The maximum absolute atomic E-state index is 10.3. The largest absolute Gasteiger partial charge is 0.376 e. The minimum absolute atomic E-state index is 0.633. The molecule has 1 N–H and O–H groups in total. The molecule has 1 aromatic heterocycles. The summed E-state index contributed by atoms with van der Waals surface area (Å²) in [6.45, 7) is 0. The van der Waals surface area contributed by atoms with Crippen LogP contribution >= 0.6 is 11.6 Å². The number of aliphatic hydroxyl groups excluding tert-OH is 1. The summed E-state index contributed by atoms with van der Waals surface area (Å²) < 4.78 is 3.79. The summed E-state index contributed by atoms with van der Waals surface area (Å²) in [6, 6.07) is 7.27. The fourth-order valence-electron chi connectivity index (χ4n) is 1.81. The zero-order chi connectivity index (χ0) is 11.7. The van der Waals surface area contributed by atoms with Crippen LogP contribution in [0, 0.1) is 0 Å². The van der Waals surface area contributed by atoms with Crippen molar-refractivity contribution in [3.8, 4) is 0 Å². The van der Waals surface area contributed by atoms with E-state index in [0.29, 0.717) is 5.02 Å². The molecule has 3 nitrogen and oxygen atoms in total. The Labute approximate surface area is 99.5 Å². The van der Waals surface area contributed by atoms with E-state index in [2.05, 4.69) is 0 Å². The molecule has 16 heavy (non-hydrogen) atoms. The van der Waals surface area contributed by atoms with Gasteiger partial charge in [-0.2, -0.15) is 0 Å². The predicted octanol–water partition coefficient (Wildman–Crippen LogP) is 1.58. The monoisotopic (exact) mass is 237 g/mol. The van der Waals surface area contributed by atoms with Gasteiger partial charge in [0.05, 0.1) is 14.1 Å². The molecule has 0 bridgehead atoms. The number of imidazole rings is 1. The first-order valence-corrected chi connectivity index (χ1v) is 5.42. The molecule has 0 saturated carbocycles. The van der Waals surface area contributed by atoms with Crippen LogP contribution in [0.5, 0.6) is 0 Å². The first-order valence-electron chi connectivity index (χ1n) is 5.04. The molecular weight excluding hydrogens is 224 g/mol. The van der Waals surface area contributed by atoms with Crippen molar-refractivity contribution < 1.29 is 9.67 Å². The maximum Gasteiger partial charge on any atom is 0.290 e. The predicted molar refractivity (Wildman–Crippen MR) is 62.1 cm³/mol. The van der Waals surface area contributed by atoms with Gasteiger partial charge in [0.1, 0.15) is 12.4 Å². The number of hydrogen-bond acceptors (Lipinski definition) is 1. The van der Waals surface area contributed by atoms with Gasteiger partial charge in [0.15, 0.2) is 6.10 Å². The summed E-state index contributed by atoms with van der Waals surface area (Å²) in [7, 11) is 3.81. The standard InChI is InChI=1S/C12H14ClN2O/c1-14-6-7-15(2)12(14)11(16)9-4-3-5-10(13)8-9/h3-8,11,16H,1-2H3/q+1. The van der Waals surface area contributed by atoms with E-state index >= 15 is 0 Å². The third-order valence-corrected chi connectivity index (χ3v) is 2.88. The Morgan fingerprint density at radius 2 is 2.19 bits per heavy atom. The second-order valence-corrected chi connectivity index (χ2v) is 4.27. The molecule has 1 unspecified atom stereocenters. The van der Waals surface area contributed by atoms with E-state index in [1.807, 2.05) is 47.8 Å². The summed E-state index contributed by atoms with van der Waals surface area (Å²) in [5, 5.41) is 10.9. The molecule has 0 radical (unpaired) electrons. The van der Waals surface area contributed by atoms with E-state index in [-0.39, 0.29) is 0 Å². The lowest BCUT2D eigenvalue weighted by Gasteiger charge is -2.08. The van der Waals surface area contributed by atoms with Crippen LogP contribution in [0.15, 0.2) is 36.7 Å². The number of nitrogens with zero attached hydrogens (tertiary/aromatic N) is 2. The molecule has 1 heterocycles. The lowest BCUT2D eigenvalue weighted by atomic mass is 10.1. The van der Waals surface area contributed by atoms with Gasteiger partial charge in [0.25, 0.3) is 5.82 Å². The number of aryl methyl sites for hydroxylation is 2. The molecule has 0 saturated heterocycles. The van der Waals surface area contributed by atoms with Crippen molar-refractivity contribution in [3.63, 3.8) is 0 Å². The normalized spacial score (nSPS) is 12.8. The molecule has 0 aliphatic heterocycles. The van der Waals surface area contributed by atoms with E-state index in [9.17, 15) is 5.11 Å². The molecule has 1 atom stereocenters. The third kappa shape index (κ3) is 1.96. The average molecular weight is 238 g/mol. The van der Waals surface area contributed by atoms with Gasteiger partial charge in [-0.1, -0.05) is 23.7 Å². The van der Waals surface area contributed by atoms with Crippen molar-refractivity contribution in [2.75, 3.05) is 0 Å². The number of benzene rings is 1. The first kappa shape index (κ1) is 11.2. The lowest BCUT2D eigenvalue weighted by molar-refractivity contribution is -0.681.